The minimum atomic E-state index is -0.608. The van der Waals surface area contributed by atoms with E-state index in [2.05, 4.69) is 10.3 Å². The van der Waals surface area contributed by atoms with Crippen molar-refractivity contribution in [3.05, 3.63) is 63.7 Å². The molecule has 0 bridgehead atoms. The highest BCUT2D eigenvalue weighted by atomic mass is 19.1. The van der Waals surface area contributed by atoms with E-state index >= 15 is 0 Å². The molecule has 0 saturated carbocycles. The van der Waals surface area contributed by atoms with Crippen LogP contribution in [-0.2, 0) is 6.54 Å². The number of benzene rings is 1. The van der Waals surface area contributed by atoms with Crippen LogP contribution < -0.4 is 5.32 Å². The third-order valence-electron chi connectivity index (χ3n) is 2.66. The zero-order valence-electron chi connectivity index (χ0n) is 10.3. The lowest BCUT2D eigenvalue weighted by molar-refractivity contribution is -0.384. The number of hydrogen-bond acceptors (Lipinski definition) is 4. The Morgan fingerprint density at radius 2 is 2.21 bits per heavy atom. The second-order valence-electron chi connectivity index (χ2n) is 4.05. The second kappa shape index (κ2) is 5.43. The Morgan fingerprint density at radius 3 is 2.84 bits per heavy atom. The summed E-state index contributed by atoms with van der Waals surface area (Å²) in [6, 6.07) is 7.77. The Kier molecular flexibility index (Phi) is 3.70. The normalized spacial score (nSPS) is 10.2. The SMILES string of the molecule is Cc1cc(NCc2ccccn2)c([N+](=O)[O-])cc1F. The van der Waals surface area contributed by atoms with E-state index in [0.29, 0.717) is 12.1 Å². The molecule has 1 aromatic heterocycles. The van der Waals surface area contributed by atoms with E-state index in [-0.39, 0.29) is 11.4 Å². The highest BCUT2D eigenvalue weighted by molar-refractivity contribution is 5.63. The average Bonchev–Trinajstić information content (AvgIpc) is 2.40. The monoisotopic (exact) mass is 261 g/mol. The maximum absolute atomic E-state index is 13.3. The van der Waals surface area contributed by atoms with Crippen LogP contribution in [0.4, 0.5) is 15.8 Å². The molecule has 19 heavy (non-hydrogen) atoms. The maximum atomic E-state index is 13.3. The van der Waals surface area contributed by atoms with Gasteiger partial charge in [0.25, 0.3) is 5.69 Å². The van der Waals surface area contributed by atoms with Crippen molar-refractivity contribution in [3.63, 3.8) is 0 Å². The quantitative estimate of drug-likeness (QED) is 0.678. The summed E-state index contributed by atoms with van der Waals surface area (Å²) < 4.78 is 13.3. The predicted molar refractivity (Wildman–Crippen MR) is 69.4 cm³/mol. The molecule has 5 nitrogen and oxygen atoms in total. The van der Waals surface area contributed by atoms with Gasteiger partial charge >= 0.3 is 0 Å². The first kappa shape index (κ1) is 12.9. The summed E-state index contributed by atoms with van der Waals surface area (Å²) in [5.41, 5.74) is 1.11. The van der Waals surface area contributed by atoms with Crippen LogP contribution in [0.25, 0.3) is 0 Å². The number of aryl methyl sites for hydroxylation is 1. The van der Waals surface area contributed by atoms with Gasteiger partial charge < -0.3 is 5.32 Å². The third kappa shape index (κ3) is 3.04. The average molecular weight is 261 g/mol. The predicted octanol–water partition coefficient (Wildman–Crippen LogP) is 3.05. The zero-order valence-corrected chi connectivity index (χ0v) is 10.3. The largest absolute Gasteiger partial charge is 0.374 e. The summed E-state index contributed by atoms with van der Waals surface area (Å²) in [5, 5.41) is 13.8. The van der Waals surface area contributed by atoms with Crippen LogP contribution in [0, 0.1) is 22.9 Å². The molecule has 1 heterocycles. The minimum absolute atomic E-state index is 0.279. The lowest BCUT2D eigenvalue weighted by atomic mass is 10.1. The Labute approximate surface area is 109 Å². The van der Waals surface area contributed by atoms with Crippen molar-refractivity contribution in [3.8, 4) is 0 Å². The van der Waals surface area contributed by atoms with Crippen molar-refractivity contribution < 1.29 is 9.31 Å². The highest BCUT2D eigenvalue weighted by Crippen LogP contribution is 2.27. The Bertz CT molecular complexity index is 602. The van der Waals surface area contributed by atoms with Crippen LogP contribution in [0.3, 0.4) is 0 Å². The third-order valence-corrected chi connectivity index (χ3v) is 2.66. The molecule has 0 saturated heterocycles. The topological polar surface area (TPSA) is 68.1 Å². The maximum Gasteiger partial charge on any atom is 0.295 e. The summed E-state index contributed by atoms with van der Waals surface area (Å²) in [5.74, 6) is -0.588. The van der Waals surface area contributed by atoms with Gasteiger partial charge in [-0.2, -0.15) is 0 Å². The van der Waals surface area contributed by atoms with Crippen LogP contribution in [0.5, 0.6) is 0 Å². The molecule has 6 heteroatoms. The molecule has 0 aliphatic rings. The van der Waals surface area contributed by atoms with Crippen molar-refractivity contribution in [2.24, 2.45) is 0 Å². The first-order valence-electron chi connectivity index (χ1n) is 5.66. The van der Waals surface area contributed by atoms with E-state index in [9.17, 15) is 14.5 Å². The minimum Gasteiger partial charge on any atom is -0.374 e. The van der Waals surface area contributed by atoms with Crippen molar-refractivity contribution >= 4 is 11.4 Å². The van der Waals surface area contributed by atoms with Gasteiger partial charge in [0.15, 0.2) is 0 Å². The lowest BCUT2D eigenvalue weighted by Gasteiger charge is -2.08. The lowest BCUT2D eigenvalue weighted by Crippen LogP contribution is -2.05. The first-order chi connectivity index (χ1) is 9.08. The highest BCUT2D eigenvalue weighted by Gasteiger charge is 2.16. The second-order valence-corrected chi connectivity index (χ2v) is 4.05. The van der Waals surface area contributed by atoms with Crippen LogP contribution in [0.1, 0.15) is 11.3 Å². The summed E-state index contributed by atoms with van der Waals surface area (Å²) in [7, 11) is 0. The van der Waals surface area contributed by atoms with Gasteiger partial charge in [0.1, 0.15) is 11.5 Å². The molecule has 2 aromatic rings. The number of rotatable bonds is 4. The number of pyridine rings is 1. The molecule has 1 N–H and O–H groups in total. The molecule has 0 fully saturated rings. The number of hydrogen-bond donors (Lipinski definition) is 1. The summed E-state index contributed by atoms with van der Waals surface area (Å²) >= 11 is 0. The van der Waals surface area contributed by atoms with E-state index in [1.54, 1.807) is 25.3 Å². The molecular formula is C13H12FN3O2. The van der Waals surface area contributed by atoms with Gasteiger partial charge in [-0.25, -0.2) is 4.39 Å². The van der Waals surface area contributed by atoms with Gasteiger partial charge in [0, 0.05) is 6.20 Å². The van der Waals surface area contributed by atoms with Gasteiger partial charge in [0.05, 0.1) is 23.2 Å². The van der Waals surface area contributed by atoms with Gasteiger partial charge in [-0.05, 0) is 30.7 Å². The zero-order chi connectivity index (χ0) is 13.8. The Balaban J connectivity index is 2.24. The molecule has 0 amide bonds. The standard InChI is InChI=1S/C13H12FN3O2/c1-9-6-12(13(17(18)19)7-11(9)14)16-8-10-4-2-3-5-15-10/h2-7,16H,8H2,1H3. The van der Waals surface area contributed by atoms with Crippen LogP contribution in [0.2, 0.25) is 0 Å². The molecule has 0 aliphatic heterocycles. The van der Waals surface area contributed by atoms with E-state index in [0.717, 1.165) is 11.8 Å². The fourth-order valence-corrected chi connectivity index (χ4v) is 1.65. The van der Waals surface area contributed by atoms with Gasteiger partial charge in [-0.1, -0.05) is 6.07 Å². The van der Waals surface area contributed by atoms with E-state index in [1.165, 1.54) is 6.07 Å². The van der Waals surface area contributed by atoms with Gasteiger partial charge in [0.2, 0.25) is 0 Å². The molecular weight excluding hydrogens is 249 g/mol. The van der Waals surface area contributed by atoms with Crippen LogP contribution in [0.15, 0.2) is 36.5 Å². The first-order valence-corrected chi connectivity index (χ1v) is 5.66. The van der Waals surface area contributed by atoms with E-state index in [1.807, 2.05) is 6.07 Å². The molecule has 0 spiro atoms. The Hall–Kier alpha value is -2.50. The number of nitro benzene ring substituents is 1. The summed E-state index contributed by atoms with van der Waals surface area (Å²) in [6.07, 6.45) is 1.64. The van der Waals surface area contributed by atoms with E-state index < -0.39 is 10.7 Å². The van der Waals surface area contributed by atoms with Gasteiger partial charge in [-0.15, -0.1) is 0 Å². The fraction of sp³-hybridized carbons (Fsp3) is 0.154. The number of halogens is 1. The fourth-order valence-electron chi connectivity index (χ4n) is 1.65. The van der Waals surface area contributed by atoms with Crippen molar-refractivity contribution in [2.45, 2.75) is 13.5 Å². The van der Waals surface area contributed by atoms with Crippen molar-refractivity contribution in [1.82, 2.24) is 4.98 Å². The smallest absolute Gasteiger partial charge is 0.295 e. The molecule has 0 unspecified atom stereocenters. The number of nitrogens with zero attached hydrogens (tertiary/aromatic N) is 2. The van der Waals surface area contributed by atoms with Gasteiger partial charge in [-0.3, -0.25) is 15.1 Å². The van der Waals surface area contributed by atoms with Crippen molar-refractivity contribution in [2.75, 3.05) is 5.32 Å². The summed E-state index contributed by atoms with van der Waals surface area (Å²) in [4.78, 5) is 14.4. The molecule has 1 aromatic carbocycles. The number of aromatic nitrogens is 1. The summed E-state index contributed by atoms with van der Waals surface area (Å²) in [6.45, 7) is 1.90. The molecule has 0 atom stereocenters. The van der Waals surface area contributed by atoms with E-state index in [4.69, 9.17) is 0 Å². The number of anilines is 1. The van der Waals surface area contributed by atoms with Crippen LogP contribution >= 0.6 is 0 Å². The van der Waals surface area contributed by atoms with Crippen LogP contribution in [-0.4, -0.2) is 9.91 Å². The number of nitro groups is 1. The number of nitrogens with one attached hydrogen (secondary N) is 1. The molecule has 2 rings (SSSR count). The van der Waals surface area contributed by atoms with Crippen molar-refractivity contribution in [1.29, 1.82) is 0 Å². The molecule has 0 aliphatic carbocycles. The molecule has 0 radical (unpaired) electrons. The molecule has 98 valence electrons. The Morgan fingerprint density at radius 1 is 1.42 bits per heavy atom.